The van der Waals surface area contributed by atoms with Crippen LogP contribution in [0.15, 0.2) is 18.7 Å². The maximum absolute atomic E-state index is 2.26. The van der Waals surface area contributed by atoms with Gasteiger partial charge in [0.2, 0.25) is 6.33 Å². The van der Waals surface area contributed by atoms with Gasteiger partial charge in [0.15, 0.2) is 0 Å². The van der Waals surface area contributed by atoms with Crippen LogP contribution in [0, 0.1) is 31.6 Å². The van der Waals surface area contributed by atoms with Crippen LogP contribution in [0.25, 0.3) is 0 Å². The molecule has 5 radical (unpaired) electrons. The third kappa shape index (κ3) is 3.08. The van der Waals surface area contributed by atoms with Gasteiger partial charge in [0, 0.05) is 5.92 Å². The molecule has 1 aliphatic rings. The monoisotopic (exact) mass is 202 g/mol. The maximum atomic E-state index is 2.26. The molecule has 0 amide bonds. The molecule has 2 rings (SSSR count). The molecular formula is C13H18N2+. The van der Waals surface area contributed by atoms with Gasteiger partial charge in [-0.05, 0) is 32.1 Å². The lowest BCUT2D eigenvalue weighted by molar-refractivity contribution is -0.691. The number of aromatic nitrogens is 2. The maximum Gasteiger partial charge on any atom is 0.243 e. The molecule has 2 nitrogen and oxygen atoms in total. The Morgan fingerprint density at radius 2 is 2.07 bits per heavy atom. The molecule has 1 fully saturated rings. The zero-order valence-corrected chi connectivity index (χ0v) is 9.26. The average molecular weight is 202 g/mol. The third-order valence-corrected chi connectivity index (χ3v) is 2.61. The van der Waals surface area contributed by atoms with Crippen LogP contribution in [0.1, 0.15) is 19.8 Å². The molecule has 0 atom stereocenters. The van der Waals surface area contributed by atoms with Crippen LogP contribution in [0.2, 0.25) is 0 Å². The Morgan fingerprint density at radius 3 is 2.80 bits per heavy atom. The van der Waals surface area contributed by atoms with Crippen LogP contribution in [-0.2, 0) is 13.1 Å². The van der Waals surface area contributed by atoms with Crippen molar-refractivity contribution in [3.63, 3.8) is 0 Å². The van der Waals surface area contributed by atoms with Gasteiger partial charge in [0.1, 0.15) is 12.4 Å². The summed E-state index contributed by atoms with van der Waals surface area (Å²) in [5.41, 5.74) is 0. The van der Waals surface area contributed by atoms with Crippen molar-refractivity contribution in [1.29, 1.82) is 0 Å². The number of hydrogen-bond acceptors (Lipinski definition) is 0. The summed E-state index contributed by atoms with van der Waals surface area (Å²) in [6.45, 7) is 4.33. The summed E-state index contributed by atoms with van der Waals surface area (Å²) >= 11 is 0. The lowest BCUT2D eigenvalue weighted by atomic mass is 10.1. The lowest BCUT2D eigenvalue weighted by Crippen LogP contribution is -2.34. The number of imidazole rings is 1. The van der Waals surface area contributed by atoms with E-state index in [0.29, 0.717) is 0 Å². The first kappa shape index (κ1) is 10.7. The SMILES string of the molecule is CCCCn1cc[n+](C[C]2[CH][CH][CH][CH]2)c1. The van der Waals surface area contributed by atoms with Gasteiger partial charge in [-0.2, -0.15) is 0 Å². The van der Waals surface area contributed by atoms with Crippen LogP contribution in [0.5, 0.6) is 0 Å². The fourth-order valence-electron chi connectivity index (χ4n) is 1.74. The first-order chi connectivity index (χ1) is 7.38. The molecule has 1 heterocycles. The molecule has 1 aromatic rings. The Balaban J connectivity index is 1.83. The van der Waals surface area contributed by atoms with Gasteiger partial charge in [-0.25, -0.2) is 9.13 Å². The fraction of sp³-hybridized carbons (Fsp3) is 0.385. The summed E-state index contributed by atoms with van der Waals surface area (Å²) in [7, 11) is 0. The molecule has 1 aromatic heterocycles. The second kappa shape index (κ2) is 5.34. The Labute approximate surface area is 92.9 Å². The average Bonchev–Trinajstić information content (AvgIpc) is 2.87. The zero-order valence-electron chi connectivity index (χ0n) is 9.26. The molecule has 0 aromatic carbocycles. The van der Waals surface area contributed by atoms with Gasteiger partial charge in [-0.15, -0.1) is 0 Å². The Morgan fingerprint density at radius 1 is 1.27 bits per heavy atom. The quantitative estimate of drug-likeness (QED) is 0.646. The van der Waals surface area contributed by atoms with Crippen molar-refractivity contribution < 1.29 is 4.57 Å². The summed E-state index contributed by atoms with van der Waals surface area (Å²) in [5, 5.41) is 0. The number of unbranched alkanes of at least 4 members (excludes halogenated alkanes) is 1. The van der Waals surface area contributed by atoms with Crippen LogP contribution in [0.3, 0.4) is 0 Å². The van der Waals surface area contributed by atoms with Crippen molar-refractivity contribution in [2.45, 2.75) is 32.9 Å². The minimum absolute atomic E-state index is 0.978. The van der Waals surface area contributed by atoms with E-state index in [1.807, 2.05) is 0 Å². The van der Waals surface area contributed by atoms with E-state index in [9.17, 15) is 0 Å². The standard InChI is InChI=1S/C13H18N2/c1-2-3-8-14-9-10-15(12-14)11-13-6-4-5-7-13/h4-7,9-10,12H,2-3,8,11H2,1H3/q+1. The summed E-state index contributed by atoms with van der Waals surface area (Å²) in [4.78, 5) is 0. The smallest absolute Gasteiger partial charge is 0.237 e. The normalized spacial score (nSPS) is 17.4. The van der Waals surface area contributed by atoms with Gasteiger partial charge >= 0.3 is 0 Å². The predicted molar refractivity (Wildman–Crippen MR) is 60.0 cm³/mol. The molecular weight excluding hydrogens is 184 g/mol. The topological polar surface area (TPSA) is 8.81 Å². The van der Waals surface area contributed by atoms with E-state index in [0.717, 1.165) is 13.1 Å². The van der Waals surface area contributed by atoms with Crippen molar-refractivity contribution in [3.05, 3.63) is 50.3 Å². The van der Waals surface area contributed by atoms with Gasteiger partial charge in [-0.1, -0.05) is 13.3 Å². The summed E-state index contributed by atoms with van der Waals surface area (Å²) in [6, 6.07) is 0. The number of hydrogen-bond donors (Lipinski definition) is 0. The molecule has 1 aliphatic carbocycles. The molecule has 0 N–H and O–H groups in total. The van der Waals surface area contributed by atoms with Crippen LogP contribution in [0.4, 0.5) is 0 Å². The molecule has 79 valence electrons. The molecule has 0 aliphatic heterocycles. The molecule has 0 saturated heterocycles. The highest BCUT2D eigenvalue weighted by Gasteiger charge is 2.19. The molecule has 15 heavy (non-hydrogen) atoms. The lowest BCUT2D eigenvalue weighted by Gasteiger charge is -2.02. The molecule has 0 bridgehead atoms. The molecule has 1 saturated carbocycles. The van der Waals surface area contributed by atoms with Crippen LogP contribution < -0.4 is 4.57 Å². The van der Waals surface area contributed by atoms with E-state index in [-0.39, 0.29) is 0 Å². The number of nitrogens with zero attached hydrogens (tertiary/aromatic N) is 2. The third-order valence-electron chi connectivity index (χ3n) is 2.61. The van der Waals surface area contributed by atoms with Crippen LogP contribution >= 0.6 is 0 Å². The Bertz CT molecular complexity index is 284. The highest BCUT2D eigenvalue weighted by Crippen LogP contribution is 2.22. The van der Waals surface area contributed by atoms with Crippen LogP contribution in [-0.4, -0.2) is 4.57 Å². The second-order valence-corrected chi connectivity index (χ2v) is 3.97. The van der Waals surface area contributed by atoms with Crippen molar-refractivity contribution in [2.24, 2.45) is 0 Å². The molecule has 0 spiro atoms. The van der Waals surface area contributed by atoms with Gasteiger partial charge < -0.3 is 0 Å². The van der Waals surface area contributed by atoms with Crippen molar-refractivity contribution >= 4 is 0 Å². The summed E-state index contributed by atoms with van der Waals surface area (Å²) < 4.78 is 4.48. The minimum atomic E-state index is 0.978. The highest BCUT2D eigenvalue weighted by atomic mass is 15.1. The predicted octanol–water partition coefficient (Wildman–Crippen LogP) is 1.98. The van der Waals surface area contributed by atoms with E-state index in [2.05, 4.69) is 60.5 Å². The Hall–Kier alpha value is -0.790. The van der Waals surface area contributed by atoms with Gasteiger partial charge in [-0.3, -0.25) is 0 Å². The Kier molecular flexibility index (Phi) is 3.81. The minimum Gasteiger partial charge on any atom is -0.237 e. The van der Waals surface area contributed by atoms with E-state index < -0.39 is 0 Å². The van der Waals surface area contributed by atoms with Crippen molar-refractivity contribution in [2.75, 3.05) is 0 Å². The number of aryl methyl sites for hydroxylation is 1. The zero-order chi connectivity index (χ0) is 10.5. The summed E-state index contributed by atoms with van der Waals surface area (Å²) in [5.74, 6) is 1.37. The van der Waals surface area contributed by atoms with E-state index in [1.54, 1.807) is 0 Å². The largest absolute Gasteiger partial charge is 0.243 e. The van der Waals surface area contributed by atoms with E-state index in [1.165, 1.54) is 18.8 Å². The van der Waals surface area contributed by atoms with E-state index in [4.69, 9.17) is 0 Å². The highest BCUT2D eigenvalue weighted by molar-refractivity contribution is 5.34. The summed E-state index contributed by atoms with van der Waals surface area (Å²) in [6.07, 6.45) is 17.5. The molecule has 2 heteroatoms. The first-order valence-corrected chi connectivity index (χ1v) is 5.64. The fourth-order valence-corrected chi connectivity index (χ4v) is 1.74. The number of rotatable bonds is 5. The van der Waals surface area contributed by atoms with Gasteiger partial charge in [0.05, 0.1) is 13.1 Å². The van der Waals surface area contributed by atoms with Crippen molar-refractivity contribution in [1.82, 2.24) is 4.57 Å². The first-order valence-electron chi connectivity index (χ1n) is 5.64. The van der Waals surface area contributed by atoms with E-state index >= 15 is 0 Å². The molecule has 0 unspecified atom stereocenters. The second-order valence-electron chi connectivity index (χ2n) is 3.97. The van der Waals surface area contributed by atoms with Crippen molar-refractivity contribution in [3.8, 4) is 0 Å². The van der Waals surface area contributed by atoms with Gasteiger partial charge in [0.25, 0.3) is 0 Å².